The highest BCUT2D eigenvalue weighted by atomic mass is 79.9. The lowest BCUT2D eigenvalue weighted by molar-refractivity contribution is 0.415. The quantitative estimate of drug-likeness (QED) is 0.940. The lowest BCUT2D eigenvalue weighted by Crippen LogP contribution is -1.98. The summed E-state index contributed by atoms with van der Waals surface area (Å²) in [5.41, 5.74) is 0.931. The second-order valence-corrected chi connectivity index (χ2v) is 4.28. The van der Waals surface area contributed by atoms with E-state index in [-0.39, 0.29) is 0 Å². The molecule has 0 unspecified atom stereocenters. The van der Waals surface area contributed by atoms with Crippen molar-refractivity contribution >= 4 is 27.6 Å². The molecule has 2 aromatic rings. The molecule has 0 bridgehead atoms. The van der Waals surface area contributed by atoms with E-state index in [9.17, 15) is 0 Å². The highest BCUT2D eigenvalue weighted by molar-refractivity contribution is 9.10. The first kappa shape index (κ1) is 11.0. The van der Waals surface area contributed by atoms with Gasteiger partial charge in [-0.3, -0.25) is 0 Å². The van der Waals surface area contributed by atoms with Gasteiger partial charge in [0, 0.05) is 35.7 Å². The number of nitrogens with one attached hydrogen (secondary N) is 1. The second-order valence-electron chi connectivity index (χ2n) is 3.37. The standard InChI is InChI=1S/C11H12BrN3O/c1-15-4-3-13-11(15)14-9-5-8(12)6-10(7-9)16-2/h3-7H,1-2H3,(H,13,14). The van der Waals surface area contributed by atoms with Gasteiger partial charge in [0.2, 0.25) is 5.95 Å². The number of hydrogen-bond donors (Lipinski definition) is 1. The molecule has 1 heterocycles. The third-order valence-corrected chi connectivity index (χ3v) is 2.64. The molecule has 0 fully saturated rings. The number of hydrogen-bond acceptors (Lipinski definition) is 3. The number of methoxy groups -OCH3 is 1. The van der Waals surface area contributed by atoms with Gasteiger partial charge in [0.25, 0.3) is 0 Å². The zero-order valence-electron chi connectivity index (χ0n) is 9.07. The van der Waals surface area contributed by atoms with Crippen LogP contribution >= 0.6 is 15.9 Å². The number of ether oxygens (including phenoxy) is 1. The molecule has 4 nitrogen and oxygen atoms in total. The minimum absolute atomic E-state index is 0.792. The zero-order chi connectivity index (χ0) is 11.5. The van der Waals surface area contributed by atoms with E-state index in [1.807, 2.05) is 36.0 Å². The first-order valence-electron chi connectivity index (χ1n) is 4.78. The van der Waals surface area contributed by atoms with Gasteiger partial charge in [0.15, 0.2) is 0 Å². The maximum absolute atomic E-state index is 5.19. The van der Waals surface area contributed by atoms with Crippen molar-refractivity contribution in [1.82, 2.24) is 9.55 Å². The van der Waals surface area contributed by atoms with E-state index in [4.69, 9.17) is 4.74 Å². The van der Waals surface area contributed by atoms with Crippen LogP contribution in [0.15, 0.2) is 35.1 Å². The van der Waals surface area contributed by atoms with Gasteiger partial charge in [0.05, 0.1) is 7.11 Å². The zero-order valence-corrected chi connectivity index (χ0v) is 10.7. The highest BCUT2D eigenvalue weighted by Gasteiger charge is 2.02. The van der Waals surface area contributed by atoms with Crippen LogP contribution in [-0.2, 0) is 7.05 Å². The lowest BCUT2D eigenvalue weighted by atomic mass is 10.3. The molecule has 0 spiro atoms. The van der Waals surface area contributed by atoms with Crippen LogP contribution in [-0.4, -0.2) is 16.7 Å². The summed E-state index contributed by atoms with van der Waals surface area (Å²) in [7, 11) is 3.58. The minimum Gasteiger partial charge on any atom is -0.497 e. The molecule has 0 atom stereocenters. The first-order valence-corrected chi connectivity index (χ1v) is 5.57. The Hall–Kier alpha value is -1.49. The number of rotatable bonds is 3. The Labute approximate surface area is 102 Å². The Balaban J connectivity index is 2.28. The van der Waals surface area contributed by atoms with E-state index in [0.717, 1.165) is 21.9 Å². The van der Waals surface area contributed by atoms with Gasteiger partial charge >= 0.3 is 0 Å². The van der Waals surface area contributed by atoms with Crippen molar-refractivity contribution in [3.05, 3.63) is 35.1 Å². The lowest BCUT2D eigenvalue weighted by Gasteiger charge is -2.08. The molecule has 0 aliphatic carbocycles. The van der Waals surface area contributed by atoms with Crippen molar-refractivity contribution in [2.45, 2.75) is 0 Å². The molecule has 5 heteroatoms. The number of halogens is 1. The van der Waals surface area contributed by atoms with Gasteiger partial charge in [-0.2, -0.15) is 0 Å². The maximum atomic E-state index is 5.19. The van der Waals surface area contributed by atoms with E-state index in [1.54, 1.807) is 13.3 Å². The Kier molecular flexibility index (Phi) is 3.14. The Morgan fingerprint density at radius 3 is 2.81 bits per heavy atom. The summed E-state index contributed by atoms with van der Waals surface area (Å²) in [5, 5.41) is 3.21. The van der Waals surface area contributed by atoms with Crippen LogP contribution in [0.1, 0.15) is 0 Å². The summed E-state index contributed by atoms with van der Waals surface area (Å²) < 4.78 is 8.06. The average Bonchev–Trinajstić information content (AvgIpc) is 2.63. The molecule has 0 saturated carbocycles. The molecule has 1 N–H and O–H groups in total. The van der Waals surface area contributed by atoms with Gasteiger partial charge in [-0.15, -0.1) is 0 Å². The van der Waals surface area contributed by atoms with Crippen molar-refractivity contribution < 1.29 is 4.74 Å². The Morgan fingerprint density at radius 1 is 1.38 bits per heavy atom. The molecular weight excluding hydrogens is 270 g/mol. The van der Waals surface area contributed by atoms with Gasteiger partial charge in [-0.1, -0.05) is 15.9 Å². The molecule has 0 saturated heterocycles. The van der Waals surface area contributed by atoms with Gasteiger partial charge in [-0.05, 0) is 12.1 Å². The molecule has 0 amide bonds. The van der Waals surface area contributed by atoms with Crippen LogP contribution < -0.4 is 10.1 Å². The molecule has 1 aromatic heterocycles. The third-order valence-electron chi connectivity index (χ3n) is 2.18. The van der Waals surface area contributed by atoms with E-state index in [0.29, 0.717) is 0 Å². The summed E-state index contributed by atoms with van der Waals surface area (Å²) in [6, 6.07) is 5.79. The summed E-state index contributed by atoms with van der Waals surface area (Å²) in [4.78, 5) is 4.19. The topological polar surface area (TPSA) is 39.1 Å². The van der Waals surface area contributed by atoms with Crippen molar-refractivity contribution in [2.75, 3.05) is 12.4 Å². The largest absolute Gasteiger partial charge is 0.497 e. The molecule has 0 aliphatic rings. The van der Waals surface area contributed by atoms with Crippen LogP contribution in [0.2, 0.25) is 0 Å². The number of aromatic nitrogens is 2. The van der Waals surface area contributed by atoms with Crippen LogP contribution in [0.25, 0.3) is 0 Å². The fourth-order valence-corrected chi connectivity index (χ4v) is 1.84. The van der Waals surface area contributed by atoms with Gasteiger partial charge < -0.3 is 14.6 Å². The monoisotopic (exact) mass is 281 g/mol. The van der Waals surface area contributed by atoms with Gasteiger partial charge in [-0.25, -0.2) is 4.98 Å². The van der Waals surface area contributed by atoms with Gasteiger partial charge in [0.1, 0.15) is 5.75 Å². The summed E-state index contributed by atoms with van der Waals surface area (Å²) in [6.07, 6.45) is 3.63. The Morgan fingerprint density at radius 2 is 2.19 bits per heavy atom. The molecule has 16 heavy (non-hydrogen) atoms. The number of imidazole rings is 1. The normalized spacial score (nSPS) is 10.2. The molecule has 84 valence electrons. The number of benzene rings is 1. The van der Waals surface area contributed by atoms with Crippen LogP contribution in [0.5, 0.6) is 5.75 Å². The molecule has 0 radical (unpaired) electrons. The summed E-state index contributed by atoms with van der Waals surface area (Å²) in [6.45, 7) is 0. The minimum atomic E-state index is 0.792. The number of aryl methyl sites for hydroxylation is 1. The number of nitrogens with zero attached hydrogens (tertiary/aromatic N) is 2. The molecule has 0 aliphatic heterocycles. The SMILES string of the molecule is COc1cc(Br)cc(Nc2nccn2C)c1. The summed E-state index contributed by atoms with van der Waals surface area (Å²) >= 11 is 3.43. The molecule has 1 aromatic carbocycles. The van der Waals surface area contributed by atoms with E-state index in [1.165, 1.54) is 0 Å². The molecular formula is C11H12BrN3O. The second kappa shape index (κ2) is 4.57. The third kappa shape index (κ3) is 2.36. The van der Waals surface area contributed by atoms with Crippen molar-refractivity contribution in [1.29, 1.82) is 0 Å². The predicted molar refractivity (Wildman–Crippen MR) is 67.2 cm³/mol. The van der Waals surface area contributed by atoms with Crippen molar-refractivity contribution in [3.63, 3.8) is 0 Å². The summed E-state index contributed by atoms with van der Waals surface area (Å²) in [5.74, 6) is 1.59. The van der Waals surface area contributed by atoms with E-state index in [2.05, 4.69) is 26.2 Å². The average molecular weight is 282 g/mol. The van der Waals surface area contributed by atoms with Crippen LogP contribution in [0.4, 0.5) is 11.6 Å². The van der Waals surface area contributed by atoms with Crippen molar-refractivity contribution in [2.24, 2.45) is 7.05 Å². The first-order chi connectivity index (χ1) is 7.69. The van der Waals surface area contributed by atoms with Crippen LogP contribution in [0, 0.1) is 0 Å². The van der Waals surface area contributed by atoms with Crippen LogP contribution in [0.3, 0.4) is 0 Å². The maximum Gasteiger partial charge on any atom is 0.207 e. The predicted octanol–water partition coefficient (Wildman–Crippen LogP) is 2.93. The smallest absolute Gasteiger partial charge is 0.207 e. The van der Waals surface area contributed by atoms with Crippen molar-refractivity contribution in [3.8, 4) is 5.75 Å². The van der Waals surface area contributed by atoms with E-state index < -0.39 is 0 Å². The van der Waals surface area contributed by atoms with E-state index >= 15 is 0 Å². The molecule has 2 rings (SSSR count). The Bertz CT molecular complexity index is 496. The fourth-order valence-electron chi connectivity index (χ4n) is 1.37. The fraction of sp³-hybridized carbons (Fsp3) is 0.182. The highest BCUT2D eigenvalue weighted by Crippen LogP contribution is 2.26. The number of anilines is 2.